The summed E-state index contributed by atoms with van der Waals surface area (Å²) >= 11 is 6.16. The van der Waals surface area contributed by atoms with Crippen LogP contribution in [0.4, 0.5) is 5.69 Å². The number of aromatic nitrogens is 1. The predicted molar refractivity (Wildman–Crippen MR) is 155 cm³/mol. The second-order valence-corrected chi connectivity index (χ2v) is 11.3. The van der Waals surface area contributed by atoms with Gasteiger partial charge in [0.05, 0.1) is 23.9 Å². The van der Waals surface area contributed by atoms with Crippen molar-refractivity contribution in [2.24, 2.45) is 5.10 Å². The maximum atomic E-state index is 13.5. The van der Waals surface area contributed by atoms with Crippen LogP contribution in [0.3, 0.4) is 0 Å². The van der Waals surface area contributed by atoms with E-state index in [-0.39, 0.29) is 4.90 Å². The molecule has 0 fully saturated rings. The summed E-state index contributed by atoms with van der Waals surface area (Å²) in [6.45, 7) is 5.31. The van der Waals surface area contributed by atoms with Crippen molar-refractivity contribution >= 4 is 39.4 Å². The van der Waals surface area contributed by atoms with Gasteiger partial charge in [0.2, 0.25) is 0 Å². The van der Waals surface area contributed by atoms with Crippen molar-refractivity contribution in [2.75, 3.05) is 18.0 Å². The van der Waals surface area contributed by atoms with Gasteiger partial charge in [0.1, 0.15) is 12.3 Å². The molecular weight excluding hydrogens is 536 g/mol. The number of sulfonamides is 1. The summed E-state index contributed by atoms with van der Waals surface area (Å²) in [4.78, 5) is 13.0. The lowest BCUT2D eigenvalue weighted by molar-refractivity contribution is -0.119. The quantitative estimate of drug-likeness (QED) is 0.217. The van der Waals surface area contributed by atoms with Crippen LogP contribution in [0.25, 0.3) is 5.69 Å². The molecule has 10 heteroatoms. The number of carbonyl (C=O) groups excluding carboxylic acids is 1. The van der Waals surface area contributed by atoms with E-state index in [9.17, 15) is 13.2 Å². The molecule has 3 aromatic carbocycles. The minimum atomic E-state index is -4.04. The number of ether oxygens (including phenoxy) is 1. The minimum Gasteiger partial charge on any atom is -0.497 e. The number of amides is 1. The van der Waals surface area contributed by atoms with E-state index in [1.54, 1.807) is 36.4 Å². The molecule has 0 saturated heterocycles. The van der Waals surface area contributed by atoms with Gasteiger partial charge in [-0.05, 0) is 81.4 Å². The number of anilines is 1. The fraction of sp³-hybridized carbons (Fsp3) is 0.172. The van der Waals surface area contributed by atoms with Gasteiger partial charge >= 0.3 is 0 Å². The van der Waals surface area contributed by atoms with Crippen LogP contribution in [-0.2, 0) is 14.8 Å². The number of rotatable bonds is 9. The normalized spacial score (nSPS) is 11.5. The van der Waals surface area contributed by atoms with E-state index < -0.39 is 22.5 Å². The zero-order valence-electron chi connectivity index (χ0n) is 22.1. The van der Waals surface area contributed by atoms with E-state index in [1.165, 1.54) is 25.5 Å². The summed E-state index contributed by atoms with van der Waals surface area (Å²) in [5.74, 6) is -0.0303. The number of benzene rings is 3. The molecule has 1 heterocycles. The van der Waals surface area contributed by atoms with Crippen LogP contribution in [0.1, 0.15) is 22.5 Å². The first kappa shape index (κ1) is 27.9. The summed E-state index contributed by atoms with van der Waals surface area (Å²) in [6.07, 6.45) is 1.54. The topological polar surface area (TPSA) is 93.0 Å². The molecule has 0 aliphatic carbocycles. The molecule has 0 aliphatic heterocycles. The molecule has 0 aliphatic rings. The Morgan fingerprint density at radius 1 is 1.03 bits per heavy atom. The SMILES string of the molecule is COc1ccc(N(CC(=O)N/N=C\c2cc(C)n(-c3cccc(Cl)c3)c2C)S(=O)(=O)c2ccc(C)cc2)cc1. The lowest BCUT2D eigenvalue weighted by atomic mass is 10.2. The third-order valence-corrected chi connectivity index (χ3v) is 8.21. The molecule has 4 aromatic rings. The van der Waals surface area contributed by atoms with Crippen LogP contribution >= 0.6 is 11.6 Å². The van der Waals surface area contributed by atoms with Gasteiger partial charge < -0.3 is 9.30 Å². The molecule has 0 atom stereocenters. The van der Waals surface area contributed by atoms with Gasteiger partial charge in [-0.25, -0.2) is 13.8 Å². The molecule has 39 heavy (non-hydrogen) atoms. The van der Waals surface area contributed by atoms with E-state index in [0.717, 1.165) is 32.5 Å². The summed E-state index contributed by atoms with van der Waals surface area (Å²) in [7, 11) is -2.52. The number of hydrogen-bond acceptors (Lipinski definition) is 5. The summed E-state index contributed by atoms with van der Waals surface area (Å²) < 4.78 is 35.3. The van der Waals surface area contributed by atoms with Crippen LogP contribution in [-0.4, -0.2) is 38.8 Å². The van der Waals surface area contributed by atoms with Crippen molar-refractivity contribution in [1.29, 1.82) is 0 Å². The van der Waals surface area contributed by atoms with Gasteiger partial charge in [0, 0.05) is 27.7 Å². The fourth-order valence-corrected chi connectivity index (χ4v) is 5.78. The van der Waals surface area contributed by atoms with Gasteiger partial charge in [-0.15, -0.1) is 0 Å². The van der Waals surface area contributed by atoms with Gasteiger partial charge in [-0.2, -0.15) is 5.10 Å². The average molecular weight is 565 g/mol. The Hall–Kier alpha value is -4.08. The third kappa shape index (κ3) is 6.32. The molecule has 0 spiro atoms. The predicted octanol–water partition coefficient (Wildman–Crippen LogP) is 5.41. The lowest BCUT2D eigenvalue weighted by Crippen LogP contribution is -2.39. The largest absolute Gasteiger partial charge is 0.497 e. The fourth-order valence-electron chi connectivity index (χ4n) is 4.17. The van der Waals surface area contributed by atoms with Crippen LogP contribution in [0.15, 0.2) is 88.9 Å². The monoisotopic (exact) mass is 564 g/mol. The number of methoxy groups -OCH3 is 1. The van der Waals surface area contributed by atoms with Crippen molar-refractivity contribution in [1.82, 2.24) is 9.99 Å². The Morgan fingerprint density at radius 2 is 1.72 bits per heavy atom. The summed E-state index contributed by atoms with van der Waals surface area (Å²) in [5, 5.41) is 4.73. The molecule has 0 unspecified atom stereocenters. The van der Waals surface area contributed by atoms with E-state index >= 15 is 0 Å². The van der Waals surface area contributed by atoms with Crippen LogP contribution in [0.5, 0.6) is 5.75 Å². The molecule has 0 saturated carbocycles. The summed E-state index contributed by atoms with van der Waals surface area (Å²) in [5.41, 5.74) is 7.30. The first-order valence-corrected chi connectivity index (χ1v) is 13.9. The lowest BCUT2D eigenvalue weighted by Gasteiger charge is -2.24. The number of hydrazone groups is 1. The second-order valence-electron chi connectivity index (χ2n) is 8.96. The summed E-state index contributed by atoms with van der Waals surface area (Å²) in [6, 6.07) is 22.4. The molecule has 1 N–H and O–H groups in total. The Bertz CT molecular complexity index is 1610. The number of nitrogens with one attached hydrogen (secondary N) is 1. The van der Waals surface area contributed by atoms with E-state index in [0.29, 0.717) is 16.5 Å². The molecule has 0 radical (unpaired) electrons. The standard InChI is InChI=1S/C29H29ClN4O4S/c1-20-8-14-28(15-9-20)39(36,37)33(25-10-12-27(38-4)13-11-25)19-29(35)32-31-18-23-16-21(2)34(22(23)3)26-7-5-6-24(30)17-26/h5-18H,19H2,1-4H3,(H,32,35)/b31-18-. The Labute approximate surface area is 233 Å². The number of carbonyl (C=O) groups is 1. The zero-order valence-corrected chi connectivity index (χ0v) is 23.6. The highest BCUT2D eigenvalue weighted by molar-refractivity contribution is 7.92. The smallest absolute Gasteiger partial charge is 0.264 e. The van der Waals surface area contributed by atoms with Crippen LogP contribution in [0.2, 0.25) is 5.02 Å². The van der Waals surface area contributed by atoms with E-state index in [1.807, 2.05) is 55.7 Å². The number of aryl methyl sites for hydroxylation is 2. The van der Waals surface area contributed by atoms with Crippen molar-refractivity contribution in [2.45, 2.75) is 25.7 Å². The molecular formula is C29H29ClN4O4S. The highest BCUT2D eigenvalue weighted by Crippen LogP contribution is 2.26. The van der Waals surface area contributed by atoms with Crippen LogP contribution in [0, 0.1) is 20.8 Å². The molecule has 4 rings (SSSR count). The number of hydrogen-bond donors (Lipinski definition) is 1. The maximum Gasteiger partial charge on any atom is 0.264 e. The Balaban J connectivity index is 1.56. The minimum absolute atomic E-state index is 0.0775. The van der Waals surface area contributed by atoms with Gasteiger partial charge in [0.25, 0.3) is 15.9 Å². The third-order valence-electron chi connectivity index (χ3n) is 6.19. The van der Waals surface area contributed by atoms with Gasteiger partial charge in [0.15, 0.2) is 0 Å². The Kier molecular flexibility index (Phi) is 8.42. The average Bonchev–Trinajstić information content (AvgIpc) is 3.20. The van der Waals surface area contributed by atoms with E-state index in [4.69, 9.17) is 16.3 Å². The van der Waals surface area contributed by atoms with Gasteiger partial charge in [-0.3, -0.25) is 9.10 Å². The van der Waals surface area contributed by atoms with Crippen LogP contribution < -0.4 is 14.5 Å². The highest BCUT2D eigenvalue weighted by atomic mass is 35.5. The second kappa shape index (κ2) is 11.8. The molecule has 8 nitrogen and oxygen atoms in total. The van der Waals surface area contributed by atoms with Crippen molar-refractivity contribution in [3.05, 3.63) is 106 Å². The molecule has 1 aromatic heterocycles. The molecule has 1 amide bonds. The zero-order chi connectivity index (χ0) is 28.2. The molecule has 202 valence electrons. The first-order chi connectivity index (χ1) is 18.6. The Morgan fingerprint density at radius 3 is 2.36 bits per heavy atom. The van der Waals surface area contributed by atoms with E-state index in [2.05, 4.69) is 10.5 Å². The maximum absolute atomic E-state index is 13.5. The van der Waals surface area contributed by atoms with Crippen molar-refractivity contribution < 1.29 is 17.9 Å². The van der Waals surface area contributed by atoms with Crippen molar-refractivity contribution in [3.63, 3.8) is 0 Å². The first-order valence-electron chi connectivity index (χ1n) is 12.1. The number of nitrogens with zero attached hydrogens (tertiary/aromatic N) is 3. The van der Waals surface area contributed by atoms with Gasteiger partial charge in [-0.1, -0.05) is 35.4 Å². The number of halogens is 1. The molecule has 0 bridgehead atoms. The highest BCUT2D eigenvalue weighted by Gasteiger charge is 2.27. The van der Waals surface area contributed by atoms with Crippen molar-refractivity contribution in [3.8, 4) is 11.4 Å².